The lowest BCUT2D eigenvalue weighted by Crippen LogP contribution is -2.30. The fraction of sp³-hybridized carbons (Fsp3) is 0.762. The van der Waals surface area contributed by atoms with Gasteiger partial charge in [0.15, 0.2) is 6.10 Å². The summed E-state index contributed by atoms with van der Waals surface area (Å²) in [6.45, 7) is 4.31. The van der Waals surface area contributed by atoms with E-state index >= 15 is 0 Å². The summed E-state index contributed by atoms with van der Waals surface area (Å²) in [5.74, 6) is -0.395. The summed E-state index contributed by atoms with van der Waals surface area (Å²) in [4.78, 5) is 34.9. The number of hydrogen-bond acceptors (Lipinski definition) is 11. The molecule has 0 bridgehead atoms. The summed E-state index contributed by atoms with van der Waals surface area (Å²) in [6.07, 6.45) is 28.6. The predicted molar refractivity (Wildman–Crippen MR) is 217 cm³/mol. The van der Waals surface area contributed by atoms with E-state index in [1.54, 1.807) is 36.5 Å². The van der Waals surface area contributed by atoms with Crippen molar-refractivity contribution in [1.82, 2.24) is 0 Å². The lowest BCUT2D eigenvalue weighted by atomic mass is 10.0. The van der Waals surface area contributed by atoms with Gasteiger partial charge in [-0.2, -0.15) is 0 Å². The molecule has 0 saturated heterocycles. The molecule has 0 aliphatic carbocycles. The lowest BCUT2D eigenvalue weighted by molar-refractivity contribution is -0.161. The highest BCUT2D eigenvalue weighted by molar-refractivity contribution is 7.47. The van der Waals surface area contributed by atoms with Crippen LogP contribution in [0.15, 0.2) is 48.6 Å². The molecule has 0 saturated carbocycles. The van der Waals surface area contributed by atoms with Crippen LogP contribution in [0.25, 0.3) is 0 Å². The molecular formula is C42H75O12P. The van der Waals surface area contributed by atoms with Gasteiger partial charge in [-0.25, -0.2) is 4.57 Å². The van der Waals surface area contributed by atoms with Crippen molar-refractivity contribution < 1.29 is 58.0 Å². The third kappa shape index (κ3) is 37.2. The third-order valence-corrected chi connectivity index (χ3v) is 9.56. The Morgan fingerprint density at radius 3 is 1.85 bits per heavy atom. The maximum Gasteiger partial charge on any atom is 0.472 e. The first-order valence-corrected chi connectivity index (χ1v) is 22.2. The molecule has 0 spiro atoms. The first-order valence-electron chi connectivity index (χ1n) is 20.7. The number of aliphatic hydroxyl groups is 4. The molecule has 0 aliphatic heterocycles. The monoisotopic (exact) mass is 802 g/mol. The van der Waals surface area contributed by atoms with Crippen molar-refractivity contribution in [1.29, 1.82) is 0 Å². The second-order valence-corrected chi connectivity index (χ2v) is 16.0. The van der Waals surface area contributed by atoms with Gasteiger partial charge in [0.2, 0.25) is 0 Å². The van der Waals surface area contributed by atoms with Crippen LogP contribution in [-0.4, -0.2) is 88.1 Å². The fourth-order valence-electron chi connectivity index (χ4n) is 5.31. The molecule has 13 heteroatoms. The van der Waals surface area contributed by atoms with Gasteiger partial charge in [0, 0.05) is 12.8 Å². The smallest absolute Gasteiger partial charge is 0.462 e. The van der Waals surface area contributed by atoms with E-state index in [4.69, 9.17) is 19.1 Å². The van der Waals surface area contributed by atoms with Gasteiger partial charge in [0.25, 0.3) is 0 Å². The molecule has 0 fully saturated rings. The number of carbonyl (C=O) groups is 2. The van der Waals surface area contributed by atoms with Crippen LogP contribution < -0.4 is 0 Å². The van der Waals surface area contributed by atoms with E-state index in [9.17, 15) is 34.4 Å². The zero-order valence-corrected chi connectivity index (χ0v) is 34.9. The van der Waals surface area contributed by atoms with Crippen molar-refractivity contribution >= 4 is 19.8 Å². The summed E-state index contributed by atoms with van der Waals surface area (Å²) in [5.41, 5.74) is 0. The average molecular weight is 803 g/mol. The molecule has 0 aliphatic rings. The second kappa shape index (κ2) is 36.2. The van der Waals surface area contributed by atoms with Gasteiger partial charge in [-0.1, -0.05) is 146 Å². The van der Waals surface area contributed by atoms with E-state index in [1.165, 1.54) is 57.8 Å². The molecule has 0 rings (SSSR count). The third-order valence-electron chi connectivity index (χ3n) is 8.60. The highest BCUT2D eigenvalue weighted by Crippen LogP contribution is 2.43. The van der Waals surface area contributed by atoms with E-state index in [0.717, 1.165) is 38.0 Å². The normalized spacial score (nSPS) is 15.7. The van der Waals surface area contributed by atoms with Gasteiger partial charge in [0.05, 0.1) is 32.0 Å². The SMILES string of the molecule is CCCCC/C=C\C[C@H](O)/C=C/C=C/C=C\[C@H](O)CCCC(=O)O[C@H](COC(=O)CCCCCCCCCCCCC(C)C)COP(=O)(O)OC[C@@H](O)CO. The molecule has 0 amide bonds. The summed E-state index contributed by atoms with van der Waals surface area (Å²) >= 11 is 0. The Bertz CT molecular complexity index is 1110. The van der Waals surface area contributed by atoms with Crippen molar-refractivity contribution in [2.45, 2.75) is 174 Å². The summed E-state index contributed by atoms with van der Waals surface area (Å²) < 4.78 is 32.5. The summed E-state index contributed by atoms with van der Waals surface area (Å²) in [5, 5.41) is 38.6. The van der Waals surface area contributed by atoms with E-state index in [-0.39, 0.29) is 25.7 Å². The second-order valence-electron chi connectivity index (χ2n) is 14.5. The van der Waals surface area contributed by atoms with E-state index in [0.29, 0.717) is 12.8 Å². The van der Waals surface area contributed by atoms with Crippen LogP contribution in [-0.2, 0) is 32.7 Å². The average Bonchev–Trinajstić information content (AvgIpc) is 3.14. The maximum absolute atomic E-state index is 12.6. The molecule has 55 heavy (non-hydrogen) atoms. The molecule has 320 valence electrons. The first kappa shape index (κ1) is 52.9. The van der Waals surface area contributed by atoms with E-state index in [1.807, 2.05) is 6.08 Å². The summed E-state index contributed by atoms with van der Waals surface area (Å²) in [6, 6.07) is 0. The Labute approximate surface area is 331 Å². The molecule has 0 aromatic rings. The van der Waals surface area contributed by atoms with Crippen LogP contribution in [0.5, 0.6) is 0 Å². The number of carbonyl (C=O) groups excluding carboxylic acids is 2. The molecular weight excluding hydrogens is 727 g/mol. The van der Waals surface area contributed by atoms with Crippen molar-refractivity contribution in [3.05, 3.63) is 48.6 Å². The van der Waals surface area contributed by atoms with Crippen LogP contribution in [0.3, 0.4) is 0 Å². The quantitative estimate of drug-likeness (QED) is 0.0133. The van der Waals surface area contributed by atoms with Gasteiger partial charge >= 0.3 is 19.8 Å². The molecule has 0 radical (unpaired) electrons. The van der Waals surface area contributed by atoms with Crippen molar-refractivity contribution in [3.8, 4) is 0 Å². The van der Waals surface area contributed by atoms with Gasteiger partial charge in [-0.05, 0) is 44.4 Å². The number of phosphoric acid groups is 1. The Hall–Kier alpha value is -2.15. The molecule has 5 N–H and O–H groups in total. The van der Waals surface area contributed by atoms with Crippen LogP contribution >= 0.6 is 7.82 Å². The molecule has 0 heterocycles. The van der Waals surface area contributed by atoms with Gasteiger partial charge in [-0.3, -0.25) is 18.6 Å². The number of rotatable bonds is 37. The number of ether oxygens (including phenoxy) is 2. The van der Waals surface area contributed by atoms with Crippen LogP contribution in [0, 0.1) is 5.92 Å². The fourth-order valence-corrected chi connectivity index (χ4v) is 6.10. The van der Waals surface area contributed by atoms with Gasteiger partial charge < -0.3 is 34.8 Å². The lowest BCUT2D eigenvalue weighted by Gasteiger charge is -2.20. The number of phosphoric ester groups is 1. The van der Waals surface area contributed by atoms with Gasteiger partial charge in [-0.15, -0.1) is 0 Å². The number of aliphatic hydroxyl groups excluding tert-OH is 4. The Balaban J connectivity index is 4.62. The standard InChI is InChI=1S/C42H75O12P/c1-4-5-6-7-15-20-26-37(44)27-21-17-18-22-28-38(45)29-24-31-42(48)54-40(35-53-55(49,50)52-33-39(46)32-43)34-51-41(47)30-23-16-13-11-9-8-10-12-14-19-25-36(2)3/h15,17-18,20-22,27-28,36-40,43-46H,4-14,16,19,23-26,29-35H2,1-3H3,(H,49,50)/b18-17+,20-15-,27-21+,28-22-/t37-,38-,39-,40+/m0/s1. The Morgan fingerprint density at radius 1 is 0.655 bits per heavy atom. The number of hydrogen-bond donors (Lipinski definition) is 5. The van der Waals surface area contributed by atoms with Crippen molar-refractivity contribution in [3.63, 3.8) is 0 Å². The highest BCUT2D eigenvalue weighted by Gasteiger charge is 2.27. The summed E-state index contributed by atoms with van der Waals surface area (Å²) in [7, 11) is -4.68. The molecule has 12 nitrogen and oxygen atoms in total. The first-order chi connectivity index (χ1) is 26.4. The zero-order chi connectivity index (χ0) is 41.0. The van der Waals surface area contributed by atoms with Crippen LogP contribution in [0.4, 0.5) is 0 Å². The van der Waals surface area contributed by atoms with E-state index in [2.05, 4.69) is 31.4 Å². The minimum atomic E-state index is -4.68. The topological polar surface area (TPSA) is 189 Å². The van der Waals surface area contributed by atoms with E-state index < -0.39 is 70.6 Å². The number of unbranched alkanes of at least 4 members (excludes halogenated alkanes) is 12. The highest BCUT2D eigenvalue weighted by atomic mass is 31.2. The Morgan fingerprint density at radius 2 is 1.24 bits per heavy atom. The number of allylic oxidation sites excluding steroid dienone is 5. The Kier molecular flexibility index (Phi) is 34.8. The minimum Gasteiger partial charge on any atom is -0.462 e. The molecule has 0 aromatic carbocycles. The van der Waals surface area contributed by atoms with Crippen LogP contribution in [0.2, 0.25) is 0 Å². The minimum absolute atomic E-state index is 0.0764. The zero-order valence-electron chi connectivity index (χ0n) is 34.0. The van der Waals surface area contributed by atoms with Crippen LogP contribution in [0.1, 0.15) is 149 Å². The van der Waals surface area contributed by atoms with Crippen molar-refractivity contribution in [2.75, 3.05) is 26.4 Å². The largest absolute Gasteiger partial charge is 0.472 e. The maximum atomic E-state index is 12.6. The predicted octanol–water partition coefficient (Wildman–Crippen LogP) is 8.35. The van der Waals surface area contributed by atoms with Gasteiger partial charge in [0.1, 0.15) is 12.7 Å². The molecule has 0 aromatic heterocycles. The van der Waals surface area contributed by atoms with Crippen molar-refractivity contribution in [2.24, 2.45) is 5.92 Å². The number of esters is 2. The molecule has 1 unspecified atom stereocenters. The molecule has 5 atom stereocenters.